The lowest BCUT2D eigenvalue weighted by molar-refractivity contribution is -0.128. The van der Waals surface area contributed by atoms with Crippen molar-refractivity contribution in [2.45, 2.75) is 45.7 Å². The number of aromatic nitrogens is 1. The molecule has 3 nitrogen and oxygen atoms in total. The molecule has 92 valence electrons. The number of amides is 1. The van der Waals surface area contributed by atoms with Crippen LogP contribution in [0.25, 0.3) is 6.08 Å². The van der Waals surface area contributed by atoms with Crippen LogP contribution in [0.3, 0.4) is 0 Å². The minimum absolute atomic E-state index is 0.105. The molecule has 0 spiro atoms. The maximum Gasteiger partial charge on any atom is 0.247 e. The summed E-state index contributed by atoms with van der Waals surface area (Å²) in [5.74, 6) is 0.105. The molecule has 0 atom stereocenters. The second-order valence-electron chi connectivity index (χ2n) is 4.70. The summed E-state index contributed by atoms with van der Waals surface area (Å²) in [5.41, 5.74) is 0.875. The van der Waals surface area contributed by atoms with Crippen LogP contribution < -0.4 is 0 Å². The lowest BCUT2D eigenvalue weighted by Crippen LogP contribution is -2.37. The smallest absolute Gasteiger partial charge is 0.247 e. The van der Waals surface area contributed by atoms with Crippen molar-refractivity contribution in [2.24, 2.45) is 0 Å². The zero-order valence-electron chi connectivity index (χ0n) is 10.5. The van der Waals surface area contributed by atoms with Gasteiger partial charge in [-0.25, -0.2) is 4.98 Å². The first-order chi connectivity index (χ1) is 8.08. The number of thiazole rings is 1. The third-order valence-electron chi connectivity index (χ3n) is 2.78. The number of rotatable bonds is 4. The molecule has 0 bridgehead atoms. The van der Waals surface area contributed by atoms with Crippen molar-refractivity contribution in [1.29, 1.82) is 0 Å². The Balaban J connectivity index is 2.02. The summed E-state index contributed by atoms with van der Waals surface area (Å²) in [6.07, 6.45) is 5.75. The normalized spacial score (nSPS) is 15.8. The Labute approximate surface area is 106 Å². The minimum atomic E-state index is 0.105. The molecule has 1 saturated carbocycles. The first kappa shape index (κ1) is 12.3. The molecule has 1 aromatic rings. The lowest BCUT2D eigenvalue weighted by atomic mass is 10.3. The summed E-state index contributed by atoms with van der Waals surface area (Å²) in [6, 6.07) is 0.737. The maximum absolute atomic E-state index is 12.1. The fraction of sp³-hybridized carbons (Fsp3) is 0.538. The lowest BCUT2D eigenvalue weighted by Gasteiger charge is -2.25. The van der Waals surface area contributed by atoms with E-state index in [2.05, 4.69) is 18.8 Å². The molecule has 1 aliphatic rings. The first-order valence-corrected chi connectivity index (χ1v) is 6.88. The van der Waals surface area contributed by atoms with Gasteiger partial charge in [0.15, 0.2) is 0 Å². The molecule has 4 heteroatoms. The van der Waals surface area contributed by atoms with E-state index in [4.69, 9.17) is 0 Å². The predicted octanol–water partition coefficient (Wildman–Crippen LogP) is 2.86. The zero-order valence-corrected chi connectivity index (χ0v) is 11.3. The number of carbonyl (C=O) groups excluding carboxylic acids is 1. The van der Waals surface area contributed by atoms with Crippen molar-refractivity contribution in [3.63, 3.8) is 0 Å². The number of hydrogen-bond donors (Lipinski definition) is 0. The van der Waals surface area contributed by atoms with Crippen LogP contribution in [0.4, 0.5) is 0 Å². The Morgan fingerprint density at radius 1 is 1.59 bits per heavy atom. The van der Waals surface area contributed by atoms with Crippen LogP contribution in [0.5, 0.6) is 0 Å². The summed E-state index contributed by atoms with van der Waals surface area (Å²) >= 11 is 1.60. The fourth-order valence-electron chi connectivity index (χ4n) is 1.91. The second kappa shape index (κ2) is 5.00. The van der Waals surface area contributed by atoms with Crippen molar-refractivity contribution in [2.75, 3.05) is 0 Å². The Kier molecular flexibility index (Phi) is 3.62. The molecule has 0 aliphatic heterocycles. The Morgan fingerprint density at radius 3 is 2.76 bits per heavy atom. The van der Waals surface area contributed by atoms with E-state index < -0.39 is 0 Å². The van der Waals surface area contributed by atoms with Gasteiger partial charge in [-0.15, -0.1) is 11.3 Å². The number of hydrogen-bond acceptors (Lipinski definition) is 3. The molecule has 0 saturated heterocycles. The fourth-order valence-corrected chi connectivity index (χ4v) is 2.49. The highest BCUT2D eigenvalue weighted by molar-refractivity contribution is 7.09. The summed E-state index contributed by atoms with van der Waals surface area (Å²) in [6.45, 7) is 6.10. The van der Waals surface area contributed by atoms with Crippen LogP contribution in [0.1, 0.15) is 37.4 Å². The highest BCUT2D eigenvalue weighted by Gasteiger charge is 2.33. The van der Waals surface area contributed by atoms with Gasteiger partial charge in [0.25, 0.3) is 0 Å². The van der Waals surface area contributed by atoms with E-state index in [9.17, 15) is 4.79 Å². The molecule has 17 heavy (non-hydrogen) atoms. The van der Waals surface area contributed by atoms with E-state index in [0.717, 1.165) is 23.5 Å². The Hall–Kier alpha value is -1.16. The van der Waals surface area contributed by atoms with Crippen molar-refractivity contribution >= 4 is 23.3 Å². The molecule has 2 rings (SSSR count). The van der Waals surface area contributed by atoms with Crippen molar-refractivity contribution in [3.8, 4) is 0 Å². The topological polar surface area (TPSA) is 33.2 Å². The average Bonchev–Trinajstić information content (AvgIpc) is 2.98. The van der Waals surface area contributed by atoms with E-state index in [0.29, 0.717) is 6.04 Å². The first-order valence-electron chi connectivity index (χ1n) is 6.00. The average molecular weight is 250 g/mol. The van der Waals surface area contributed by atoms with Crippen molar-refractivity contribution in [3.05, 3.63) is 22.2 Å². The zero-order chi connectivity index (χ0) is 12.4. The number of aryl methyl sites for hydroxylation is 1. The third kappa shape index (κ3) is 3.16. The molecule has 0 unspecified atom stereocenters. The Bertz CT molecular complexity index is 430. The van der Waals surface area contributed by atoms with E-state index >= 15 is 0 Å². The Morgan fingerprint density at radius 2 is 2.29 bits per heavy atom. The standard InChI is InChI=1S/C13H18N2OS/c1-9(2)15(12-5-6-12)13(16)7-4-11-8-17-10(3)14-11/h4,7-9,12H,5-6H2,1-3H3/b7-4+. The van der Waals surface area contributed by atoms with E-state index in [1.165, 1.54) is 0 Å². The van der Waals surface area contributed by atoms with Crippen LogP contribution in [0.2, 0.25) is 0 Å². The van der Waals surface area contributed by atoms with Crippen LogP contribution in [-0.2, 0) is 4.79 Å². The maximum atomic E-state index is 12.1. The molecule has 1 aromatic heterocycles. The minimum Gasteiger partial charge on any atom is -0.334 e. The summed E-state index contributed by atoms with van der Waals surface area (Å²) in [7, 11) is 0. The third-order valence-corrected chi connectivity index (χ3v) is 3.58. The van der Waals surface area contributed by atoms with Gasteiger partial charge in [0, 0.05) is 23.5 Å². The predicted molar refractivity (Wildman–Crippen MR) is 70.9 cm³/mol. The SMILES string of the molecule is Cc1nc(/C=C/C(=O)N(C(C)C)C2CC2)cs1. The molecule has 1 aliphatic carbocycles. The van der Waals surface area contributed by atoms with E-state index in [-0.39, 0.29) is 11.9 Å². The van der Waals surface area contributed by atoms with Gasteiger partial charge < -0.3 is 4.90 Å². The monoisotopic (exact) mass is 250 g/mol. The quantitative estimate of drug-likeness (QED) is 0.770. The molecular formula is C13H18N2OS. The van der Waals surface area contributed by atoms with Gasteiger partial charge in [-0.3, -0.25) is 4.79 Å². The largest absolute Gasteiger partial charge is 0.334 e. The summed E-state index contributed by atoms with van der Waals surface area (Å²) in [4.78, 5) is 18.3. The van der Waals surface area contributed by atoms with Crippen LogP contribution in [0, 0.1) is 6.92 Å². The molecule has 0 aromatic carbocycles. The molecule has 0 N–H and O–H groups in total. The van der Waals surface area contributed by atoms with E-state index in [1.54, 1.807) is 17.4 Å². The van der Waals surface area contributed by atoms with Gasteiger partial charge in [-0.1, -0.05) is 0 Å². The molecule has 1 fully saturated rings. The van der Waals surface area contributed by atoms with Crippen LogP contribution in [0.15, 0.2) is 11.5 Å². The van der Waals surface area contributed by atoms with Gasteiger partial charge in [-0.05, 0) is 39.7 Å². The van der Waals surface area contributed by atoms with Gasteiger partial charge in [0.05, 0.1) is 10.7 Å². The molecule has 1 heterocycles. The second-order valence-corrected chi connectivity index (χ2v) is 5.76. The number of nitrogens with zero attached hydrogens (tertiary/aromatic N) is 2. The highest BCUT2D eigenvalue weighted by atomic mass is 32.1. The van der Waals surface area contributed by atoms with Gasteiger partial charge in [0.1, 0.15) is 0 Å². The van der Waals surface area contributed by atoms with Gasteiger partial charge in [-0.2, -0.15) is 0 Å². The van der Waals surface area contributed by atoms with E-state index in [1.807, 2.05) is 23.3 Å². The van der Waals surface area contributed by atoms with Gasteiger partial charge >= 0.3 is 0 Å². The molecule has 0 radical (unpaired) electrons. The van der Waals surface area contributed by atoms with Crippen LogP contribution in [-0.4, -0.2) is 27.9 Å². The summed E-state index contributed by atoms with van der Waals surface area (Å²) in [5, 5.41) is 3.00. The highest BCUT2D eigenvalue weighted by Crippen LogP contribution is 2.28. The van der Waals surface area contributed by atoms with Crippen LogP contribution >= 0.6 is 11.3 Å². The summed E-state index contributed by atoms with van der Waals surface area (Å²) < 4.78 is 0. The van der Waals surface area contributed by atoms with Gasteiger partial charge in [0.2, 0.25) is 5.91 Å². The molecular weight excluding hydrogens is 232 g/mol. The van der Waals surface area contributed by atoms with Crippen molar-refractivity contribution in [1.82, 2.24) is 9.88 Å². The number of carbonyl (C=O) groups is 1. The van der Waals surface area contributed by atoms with Crippen molar-refractivity contribution < 1.29 is 4.79 Å². The molecule has 1 amide bonds.